The molecular formula is C22H29N3O. The predicted molar refractivity (Wildman–Crippen MR) is 107 cm³/mol. The summed E-state index contributed by atoms with van der Waals surface area (Å²) in [6, 6.07) is 12.2. The molecule has 0 atom stereocenters. The van der Waals surface area contributed by atoms with E-state index in [4.69, 9.17) is 4.98 Å². The molecular weight excluding hydrogens is 322 g/mol. The zero-order valence-corrected chi connectivity index (χ0v) is 15.9. The number of fused-ring (bicyclic) bond motifs is 1. The molecule has 0 spiro atoms. The van der Waals surface area contributed by atoms with Crippen molar-refractivity contribution >= 4 is 11.0 Å². The number of aryl methyl sites for hydroxylation is 2. The zero-order chi connectivity index (χ0) is 18.4. The second-order valence-electron chi connectivity index (χ2n) is 7.02. The molecule has 2 aromatic heterocycles. The predicted octanol–water partition coefficient (Wildman–Crippen LogP) is 5.26. The molecule has 0 fully saturated rings. The Morgan fingerprint density at radius 3 is 2.58 bits per heavy atom. The Morgan fingerprint density at radius 2 is 1.77 bits per heavy atom. The monoisotopic (exact) mass is 351 g/mol. The first-order valence-electron chi connectivity index (χ1n) is 9.77. The van der Waals surface area contributed by atoms with E-state index in [2.05, 4.69) is 41.6 Å². The van der Waals surface area contributed by atoms with Gasteiger partial charge in [-0.05, 0) is 43.2 Å². The molecule has 0 aliphatic carbocycles. The smallest absolute Gasteiger partial charge is 0.159 e. The third-order valence-corrected chi connectivity index (χ3v) is 4.84. The summed E-state index contributed by atoms with van der Waals surface area (Å²) in [4.78, 5) is 9.42. The molecule has 0 saturated heterocycles. The number of nitrogens with zero attached hydrogens (tertiary/aromatic N) is 3. The van der Waals surface area contributed by atoms with Gasteiger partial charge in [0.15, 0.2) is 5.82 Å². The highest BCUT2D eigenvalue weighted by Gasteiger charge is 2.14. The molecule has 4 nitrogen and oxygen atoms in total. The van der Waals surface area contributed by atoms with Crippen molar-refractivity contribution in [2.24, 2.45) is 0 Å². The summed E-state index contributed by atoms with van der Waals surface area (Å²) in [5.74, 6) is 0.898. The van der Waals surface area contributed by atoms with Crippen LogP contribution < -0.4 is 0 Å². The van der Waals surface area contributed by atoms with E-state index in [1.54, 1.807) is 0 Å². The molecule has 4 heteroatoms. The van der Waals surface area contributed by atoms with Crippen LogP contribution in [0, 0.1) is 6.92 Å². The third-order valence-electron chi connectivity index (χ3n) is 4.84. The van der Waals surface area contributed by atoms with Gasteiger partial charge < -0.3 is 9.67 Å². The fraction of sp³-hybridized carbons (Fsp3) is 0.455. The summed E-state index contributed by atoms with van der Waals surface area (Å²) in [5.41, 5.74) is 4.93. The first kappa shape index (κ1) is 18.6. The summed E-state index contributed by atoms with van der Waals surface area (Å²) in [6.45, 7) is 5.27. The first-order chi connectivity index (χ1) is 12.7. The normalized spacial score (nSPS) is 11.3. The SMILES string of the molecule is CCCCCCCCn1c(-c2cccc(CO)n2)nc2ccc(C)cc21. The molecule has 26 heavy (non-hydrogen) atoms. The van der Waals surface area contributed by atoms with E-state index < -0.39 is 0 Å². The second-order valence-corrected chi connectivity index (χ2v) is 7.02. The van der Waals surface area contributed by atoms with Crippen molar-refractivity contribution < 1.29 is 5.11 Å². The molecule has 1 N–H and O–H groups in total. The van der Waals surface area contributed by atoms with Crippen LogP contribution in [-0.4, -0.2) is 19.6 Å². The van der Waals surface area contributed by atoms with E-state index in [1.165, 1.54) is 43.2 Å². The summed E-state index contributed by atoms with van der Waals surface area (Å²) in [7, 11) is 0. The Hall–Kier alpha value is -2.20. The van der Waals surface area contributed by atoms with Gasteiger partial charge in [0.2, 0.25) is 0 Å². The molecule has 3 rings (SSSR count). The highest BCUT2D eigenvalue weighted by Crippen LogP contribution is 2.25. The topological polar surface area (TPSA) is 50.9 Å². The molecule has 0 aliphatic rings. The maximum atomic E-state index is 9.41. The summed E-state index contributed by atoms with van der Waals surface area (Å²) in [6.07, 6.45) is 7.63. The zero-order valence-electron chi connectivity index (χ0n) is 15.9. The minimum Gasteiger partial charge on any atom is -0.390 e. The Labute approximate surface area is 155 Å². The van der Waals surface area contributed by atoms with Crippen molar-refractivity contribution in [3.8, 4) is 11.5 Å². The Bertz CT molecular complexity index is 854. The molecule has 0 amide bonds. The second kappa shape index (κ2) is 8.95. The van der Waals surface area contributed by atoms with Crippen molar-refractivity contribution in [3.05, 3.63) is 47.7 Å². The maximum Gasteiger partial charge on any atom is 0.159 e. The lowest BCUT2D eigenvalue weighted by atomic mass is 10.1. The molecule has 0 bridgehead atoms. The van der Waals surface area contributed by atoms with Gasteiger partial charge in [0.1, 0.15) is 5.69 Å². The number of imidazole rings is 1. The van der Waals surface area contributed by atoms with Crippen LogP contribution in [0.1, 0.15) is 56.7 Å². The molecule has 0 aliphatic heterocycles. The number of hydrogen-bond acceptors (Lipinski definition) is 3. The van der Waals surface area contributed by atoms with Crippen LogP contribution in [0.25, 0.3) is 22.6 Å². The van der Waals surface area contributed by atoms with Crippen LogP contribution in [0.4, 0.5) is 0 Å². The van der Waals surface area contributed by atoms with E-state index in [-0.39, 0.29) is 6.61 Å². The Kier molecular flexibility index (Phi) is 6.40. The van der Waals surface area contributed by atoms with E-state index in [9.17, 15) is 5.11 Å². The van der Waals surface area contributed by atoms with Crippen molar-refractivity contribution in [1.82, 2.24) is 14.5 Å². The fourth-order valence-corrected chi connectivity index (χ4v) is 3.40. The molecule has 1 aromatic carbocycles. The van der Waals surface area contributed by atoms with E-state index in [0.717, 1.165) is 30.0 Å². The lowest BCUT2D eigenvalue weighted by molar-refractivity contribution is 0.277. The number of unbranched alkanes of at least 4 members (excludes halogenated alkanes) is 5. The number of pyridine rings is 1. The molecule has 138 valence electrons. The summed E-state index contributed by atoms with van der Waals surface area (Å²) >= 11 is 0. The average Bonchev–Trinajstić information content (AvgIpc) is 3.02. The van der Waals surface area contributed by atoms with Crippen molar-refractivity contribution in [3.63, 3.8) is 0 Å². The lowest BCUT2D eigenvalue weighted by Crippen LogP contribution is -2.03. The number of hydrogen-bond donors (Lipinski definition) is 1. The third kappa shape index (κ3) is 4.31. The van der Waals surface area contributed by atoms with Crippen LogP contribution in [0.5, 0.6) is 0 Å². The molecule has 0 radical (unpaired) electrons. The van der Waals surface area contributed by atoms with E-state index in [1.807, 2.05) is 18.2 Å². The Balaban J connectivity index is 1.89. The van der Waals surface area contributed by atoms with Crippen LogP contribution in [0.2, 0.25) is 0 Å². The van der Waals surface area contributed by atoms with Gasteiger partial charge in [0.05, 0.1) is 23.3 Å². The van der Waals surface area contributed by atoms with Crippen molar-refractivity contribution in [2.75, 3.05) is 0 Å². The van der Waals surface area contributed by atoms with Gasteiger partial charge in [-0.2, -0.15) is 0 Å². The minimum absolute atomic E-state index is 0.0510. The van der Waals surface area contributed by atoms with Crippen LogP contribution in [-0.2, 0) is 13.2 Å². The van der Waals surface area contributed by atoms with Gasteiger partial charge in [-0.25, -0.2) is 9.97 Å². The molecule has 2 heterocycles. The van der Waals surface area contributed by atoms with Gasteiger partial charge in [-0.1, -0.05) is 51.2 Å². The summed E-state index contributed by atoms with van der Waals surface area (Å²) < 4.78 is 2.30. The molecule has 3 aromatic rings. The van der Waals surface area contributed by atoms with Gasteiger partial charge in [-0.15, -0.1) is 0 Å². The summed E-state index contributed by atoms with van der Waals surface area (Å²) in [5, 5.41) is 9.41. The number of benzene rings is 1. The van der Waals surface area contributed by atoms with Crippen molar-refractivity contribution in [1.29, 1.82) is 0 Å². The maximum absolute atomic E-state index is 9.41. The number of aromatic nitrogens is 3. The van der Waals surface area contributed by atoms with Crippen LogP contribution >= 0.6 is 0 Å². The van der Waals surface area contributed by atoms with Gasteiger partial charge in [-0.3, -0.25) is 0 Å². The molecule has 0 saturated carbocycles. The minimum atomic E-state index is -0.0510. The highest BCUT2D eigenvalue weighted by atomic mass is 16.3. The average molecular weight is 351 g/mol. The number of aliphatic hydroxyl groups excluding tert-OH is 1. The Morgan fingerprint density at radius 1 is 0.962 bits per heavy atom. The fourth-order valence-electron chi connectivity index (χ4n) is 3.40. The van der Waals surface area contributed by atoms with Gasteiger partial charge >= 0.3 is 0 Å². The van der Waals surface area contributed by atoms with E-state index in [0.29, 0.717) is 5.69 Å². The standard InChI is InChI=1S/C22H29N3O/c1-3-4-5-6-7-8-14-25-21-15-17(2)12-13-19(21)24-22(25)20-11-9-10-18(16-26)23-20/h9-13,15,26H,3-8,14,16H2,1-2H3. The molecule has 0 unspecified atom stereocenters. The van der Waals surface area contributed by atoms with Crippen LogP contribution in [0.3, 0.4) is 0 Å². The van der Waals surface area contributed by atoms with Crippen LogP contribution in [0.15, 0.2) is 36.4 Å². The lowest BCUT2D eigenvalue weighted by Gasteiger charge is -2.10. The van der Waals surface area contributed by atoms with Gasteiger partial charge in [0, 0.05) is 6.54 Å². The van der Waals surface area contributed by atoms with Gasteiger partial charge in [0.25, 0.3) is 0 Å². The largest absolute Gasteiger partial charge is 0.390 e. The number of rotatable bonds is 9. The highest BCUT2D eigenvalue weighted by molar-refractivity contribution is 5.80. The first-order valence-corrected chi connectivity index (χ1v) is 9.77. The number of aliphatic hydroxyl groups is 1. The quantitative estimate of drug-likeness (QED) is 0.535. The van der Waals surface area contributed by atoms with Crippen molar-refractivity contribution in [2.45, 2.75) is 65.5 Å². The van der Waals surface area contributed by atoms with E-state index >= 15 is 0 Å².